The van der Waals surface area contributed by atoms with E-state index in [9.17, 15) is 10.0 Å². The topological polar surface area (TPSA) is 100 Å². The molecular formula is C24H26N4O4. The van der Waals surface area contributed by atoms with Gasteiger partial charge in [-0.15, -0.1) is 0 Å². The van der Waals surface area contributed by atoms with Gasteiger partial charge in [-0.05, 0) is 69.2 Å². The summed E-state index contributed by atoms with van der Waals surface area (Å²) in [6.45, 7) is 1.39. The highest BCUT2D eigenvalue weighted by Gasteiger charge is 2.22. The number of rotatable bonds is 7. The fourth-order valence-corrected chi connectivity index (χ4v) is 3.81. The number of amides is 1. The summed E-state index contributed by atoms with van der Waals surface area (Å²) in [5, 5.41) is 15.3. The molecule has 166 valence electrons. The van der Waals surface area contributed by atoms with Crippen LogP contribution < -0.4 is 10.1 Å². The van der Waals surface area contributed by atoms with Crippen molar-refractivity contribution in [2.24, 2.45) is 5.16 Å². The van der Waals surface area contributed by atoms with Gasteiger partial charge in [0.25, 0.3) is 5.95 Å². The van der Waals surface area contributed by atoms with Gasteiger partial charge in [0.05, 0.1) is 5.71 Å². The Morgan fingerprint density at radius 2 is 1.97 bits per heavy atom. The Kier molecular flexibility index (Phi) is 6.51. The third-order valence-electron chi connectivity index (χ3n) is 5.38. The summed E-state index contributed by atoms with van der Waals surface area (Å²) >= 11 is 0. The number of nitrogens with one attached hydrogen (secondary N) is 1. The lowest BCUT2D eigenvalue weighted by atomic mass is 10.00. The molecule has 0 bridgehead atoms. The number of furan rings is 1. The van der Waals surface area contributed by atoms with Crippen LogP contribution >= 0.6 is 0 Å². The summed E-state index contributed by atoms with van der Waals surface area (Å²) in [5.74, 6) is 0.721. The van der Waals surface area contributed by atoms with Gasteiger partial charge in [0, 0.05) is 41.7 Å². The van der Waals surface area contributed by atoms with Crippen LogP contribution in [0.1, 0.15) is 24.0 Å². The summed E-state index contributed by atoms with van der Waals surface area (Å²) in [5.41, 5.74) is 5.29. The number of nitrogens with zero attached hydrogens (tertiary/aromatic N) is 3. The van der Waals surface area contributed by atoms with Gasteiger partial charge in [-0.2, -0.15) is 0 Å². The number of aromatic nitrogens is 1. The zero-order chi connectivity index (χ0) is 22.5. The number of pyridine rings is 1. The van der Waals surface area contributed by atoms with Crippen molar-refractivity contribution in [3.63, 3.8) is 0 Å². The Morgan fingerprint density at radius 1 is 1.16 bits per heavy atom. The third-order valence-corrected chi connectivity index (χ3v) is 5.38. The van der Waals surface area contributed by atoms with E-state index >= 15 is 0 Å². The fraction of sp³-hybridized carbons (Fsp3) is 0.292. The average molecular weight is 434 g/mol. The van der Waals surface area contributed by atoms with Crippen molar-refractivity contribution in [1.82, 2.24) is 15.2 Å². The Labute approximate surface area is 186 Å². The van der Waals surface area contributed by atoms with Crippen LogP contribution in [-0.2, 0) is 6.42 Å². The van der Waals surface area contributed by atoms with E-state index in [2.05, 4.69) is 20.4 Å². The van der Waals surface area contributed by atoms with Crippen LogP contribution in [-0.4, -0.2) is 54.1 Å². The second-order valence-corrected chi connectivity index (χ2v) is 7.94. The maximum absolute atomic E-state index is 12.2. The van der Waals surface area contributed by atoms with E-state index in [4.69, 9.17) is 9.15 Å². The van der Waals surface area contributed by atoms with E-state index in [0.717, 1.165) is 47.2 Å². The first-order valence-corrected chi connectivity index (χ1v) is 10.5. The maximum Gasteiger partial charge on any atom is 0.415 e. The molecular weight excluding hydrogens is 408 g/mol. The third kappa shape index (κ3) is 4.81. The number of ether oxygens (including phenoxy) is 1. The molecule has 0 aliphatic heterocycles. The smallest absolute Gasteiger partial charge is 0.415 e. The van der Waals surface area contributed by atoms with Crippen molar-refractivity contribution < 1.29 is 19.2 Å². The lowest BCUT2D eigenvalue weighted by Crippen LogP contribution is -2.29. The van der Waals surface area contributed by atoms with Gasteiger partial charge in [0.1, 0.15) is 5.76 Å². The first kappa shape index (κ1) is 21.6. The molecule has 1 aromatic carbocycles. The van der Waals surface area contributed by atoms with Crippen LogP contribution in [0.15, 0.2) is 58.4 Å². The molecule has 0 unspecified atom stereocenters. The van der Waals surface area contributed by atoms with Gasteiger partial charge >= 0.3 is 6.09 Å². The van der Waals surface area contributed by atoms with Crippen molar-refractivity contribution in [2.45, 2.75) is 19.3 Å². The highest BCUT2D eigenvalue weighted by Crippen LogP contribution is 2.39. The minimum absolute atomic E-state index is 0.120. The standard InChI is InChI=1S/C24H26N4O4/c1-28(2)13-3-10-26-24(29)32-22-15-20(16-8-11-25-12-9-16)23(31-22)18-4-6-19-17(14-18)5-7-21(19)27-30/h4,6,8-9,11-12,14-15,30H,3,5,7,10,13H2,1-2H3,(H,26,29). The minimum atomic E-state index is -0.553. The Hall–Kier alpha value is -3.65. The molecule has 4 rings (SSSR count). The van der Waals surface area contributed by atoms with E-state index in [-0.39, 0.29) is 5.95 Å². The van der Waals surface area contributed by atoms with Gasteiger partial charge in [-0.25, -0.2) is 4.79 Å². The lowest BCUT2D eigenvalue weighted by Gasteiger charge is -2.09. The van der Waals surface area contributed by atoms with Crippen molar-refractivity contribution in [1.29, 1.82) is 0 Å². The number of oxime groups is 1. The molecule has 2 N–H and O–H groups in total. The van der Waals surface area contributed by atoms with Crippen LogP contribution in [0.25, 0.3) is 22.5 Å². The summed E-state index contributed by atoms with van der Waals surface area (Å²) in [4.78, 5) is 18.4. The molecule has 2 aromatic heterocycles. The number of benzene rings is 1. The first-order valence-electron chi connectivity index (χ1n) is 10.5. The summed E-state index contributed by atoms with van der Waals surface area (Å²) in [6, 6.07) is 11.4. The Morgan fingerprint density at radius 3 is 2.72 bits per heavy atom. The molecule has 1 aliphatic rings. The second-order valence-electron chi connectivity index (χ2n) is 7.94. The van der Waals surface area contributed by atoms with Gasteiger partial charge in [0.2, 0.25) is 0 Å². The molecule has 0 fully saturated rings. The van der Waals surface area contributed by atoms with Crippen molar-refractivity contribution in [3.05, 3.63) is 59.9 Å². The quantitative estimate of drug-likeness (QED) is 0.329. The van der Waals surface area contributed by atoms with E-state index < -0.39 is 6.09 Å². The molecule has 0 radical (unpaired) electrons. The Bertz CT molecular complexity index is 1120. The van der Waals surface area contributed by atoms with Crippen LogP contribution in [0.3, 0.4) is 0 Å². The van der Waals surface area contributed by atoms with Gasteiger partial charge in [0.15, 0.2) is 0 Å². The molecule has 3 aromatic rings. The van der Waals surface area contributed by atoms with E-state index in [1.807, 2.05) is 44.4 Å². The number of hydrogen-bond donors (Lipinski definition) is 2. The summed E-state index contributed by atoms with van der Waals surface area (Å²) < 4.78 is 11.4. The minimum Gasteiger partial charge on any atom is -0.425 e. The van der Waals surface area contributed by atoms with Crippen molar-refractivity contribution in [3.8, 4) is 28.4 Å². The normalized spacial score (nSPS) is 14.0. The monoisotopic (exact) mass is 434 g/mol. The van der Waals surface area contributed by atoms with Crippen LogP contribution in [0, 0.1) is 0 Å². The summed E-state index contributed by atoms with van der Waals surface area (Å²) in [7, 11) is 3.97. The number of aryl methyl sites for hydroxylation is 1. The van der Waals surface area contributed by atoms with Gasteiger partial charge in [-0.3, -0.25) is 4.98 Å². The predicted octanol–water partition coefficient (Wildman–Crippen LogP) is 4.17. The van der Waals surface area contributed by atoms with E-state index in [1.165, 1.54) is 0 Å². The number of fused-ring (bicyclic) bond motifs is 1. The molecule has 8 nitrogen and oxygen atoms in total. The van der Waals surface area contributed by atoms with Crippen molar-refractivity contribution in [2.75, 3.05) is 27.2 Å². The molecule has 1 amide bonds. The van der Waals surface area contributed by atoms with Gasteiger partial charge in [-0.1, -0.05) is 17.3 Å². The number of carbonyl (C=O) groups is 1. The largest absolute Gasteiger partial charge is 0.425 e. The Balaban J connectivity index is 1.59. The van der Waals surface area contributed by atoms with Gasteiger partial charge < -0.3 is 24.6 Å². The van der Waals surface area contributed by atoms with Crippen LogP contribution in [0.4, 0.5) is 4.79 Å². The molecule has 8 heteroatoms. The SMILES string of the molecule is CN(C)CCCNC(=O)Oc1cc(-c2ccncc2)c(-c2ccc3c(c2)CCC3=NO)o1. The number of hydrogen-bond acceptors (Lipinski definition) is 7. The molecule has 32 heavy (non-hydrogen) atoms. The lowest BCUT2D eigenvalue weighted by molar-refractivity contribution is 0.187. The molecule has 0 saturated carbocycles. The fourth-order valence-electron chi connectivity index (χ4n) is 3.81. The molecule has 0 atom stereocenters. The highest BCUT2D eigenvalue weighted by molar-refractivity contribution is 6.04. The van der Waals surface area contributed by atoms with Crippen molar-refractivity contribution >= 4 is 11.8 Å². The zero-order valence-electron chi connectivity index (χ0n) is 18.2. The first-order chi connectivity index (χ1) is 15.5. The molecule has 0 spiro atoms. The van der Waals surface area contributed by atoms with Crippen LogP contribution in [0.5, 0.6) is 5.95 Å². The molecule has 1 aliphatic carbocycles. The molecule has 2 heterocycles. The second kappa shape index (κ2) is 9.65. The van der Waals surface area contributed by atoms with Crippen LogP contribution in [0.2, 0.25) is 0 Å². The zero-order valence-corrected chi connectivity index (χ0v) is 18.2. The predicted molar refractivity (Wildman–Crippen MR) is 121 cm³/mol. The molecule has 0 saturated heterocycles. The van der Waals surface area contributed by atoms with E-state index in [0.29, 0.717) is 24.4 Å². The summed E-state index contributed by atoms with van der Waals surface area (Å²) in [6.07, 6.45) is 5.18. The number of carbonyl (C=O) groups excluding carboxylic acids is 1. The maximum atomic E-state index is 12.2. The highest BCUT2D eigenvalue weighted by atomic mass is 16.6. The van der Waals surface area contributed by atoms with E-state index in [1.54, 1.807) is 18.5 Å². The average Bonchev–Trinajstić information content (AvgIpc) is 3.40.